The molecule has 0 saturated carbocycles. The molecular weight excluding hydrogens is 658 g/mol. The molecule has 18 nitrogen and oxygen atoms in total. The highest BCUT2D eigenvalue weighted by Gasteiger charge is 2.72. The van der Waals surface area contributed by atoms with E-state index in [4.69, 9.17) is 29.2 Å². The third-order valence-electron chi connectivity index (χ3n) is 9.52. The molecule has 0 radical (unpaired) electrons. The number of aliphatic carboxylic acids is 2. The number of ether oxygens (including phenoxy) is 5. The minimum absolute atomic E-state index is 0.00708. The summed E-state index contributed by atoms with van der Waals surface area (Å²) in [7, 11) is 1.88. The molecule has 6 N–H and O–H groups in total. The number of rotatable bonds is 12. The third kappa shape index (κ3) is 5.94. The van der Waals surface area contributed by atoms with Gasteiger partial charge in [-0.3, -0.25) is 4.79 Å². The van der Waals surface area contributed by atoms with Crippen LogP contribution >= 0.6 is 0 Å². The Morgan fingerprint density at radius 1 is 0.959 bits per heavy atom. The maximum atomic E-state index is 13.4. The molecule has 0 aromatic heterocycles. The summed E-state index contributed by atoms with van der Waals surface area (Å²) in [6.45, 7) is 2.54. The molecule has 4 aliphatic rings. The summed E-state index contributed by atoms with van der Waals surface area (Å²) in [6, 6.07) is 2.87. The number of nitrogens with zero attached hydrogens (tertiary/aromatic N) is 1. The van der Waals surface area contributed by atoms with Crippen LogP contribution in [0.25, 0.3) is 0 Å². The van der Waals surface area contributed by atoms with Crippen molar-refractivity contribution in [2.24, 2.45) is 0 Å². The minimum Gasteiger partial charge on any atom is -0.504 e. The Balaban J connectivity index is 1.38. The first kappa shape index (κ1) is 35.5. The molecule has 18 heteroatoms. The molecule has 2 unspecified atom stereocenters. The Labute approximate surface area is 277 Å². The number of aliphatic hydroxyl groups excluding tert-OH is 2. The van der Waals surface area contributed by atoms with Gasteiger partial charge in [0.05, 0.1) is 17.4 Å². The molecule has 1 spiro atoms. The van der Waals surface area contributed by atoms with Gasteiger partial charge >= 0.3 is 35.8 Å². The highest BCUT2D eigenvalue weighted by molar-refractivity contribution is 5.89. The molecule has 2 aliphatic heterocycles. The predicted molar refractivity (Wildman–Crippen MR) is 156 cm³/mol. The number of hydrogen-bond acceptors (Lipinski definition) is 16. The van der Waals surface area contributed by atoms with Gasteiger partial charge in [-0.15, -0.1) is 0 Å². The molecule has 2 heterocycles. The van der Waals surface area contributed by atoms with Gasteiger partial charge in [0.2, 0.25) is 6.10 Å². The highest BCUT2D eigenvalue weighted by atomic mass is 16.6. The van der Waals surface area contributed by atoms with E-state index in [2.05, 4.69) is 4.74 Å². The molecule has 5 rings (SSSR count). The van der Waals surface area contributed by atoms with E-state index in [0.717, 1.165) is 19.4 Å². The molecule has 9 atom stereocenters. The zero-order valence-electron chi connectivity index (χ0n) is 26.4. The Morgan fingerprint density at radius 2 is 1.63 bits per heavy atom. The summed E-state index contributed by atoms with van der Waals surface area (Å²) >= 11 is 0. The molecule has 2 bridgehead atoms. The van der Waals surface area contributed by atoms with Crippen LogP contribution in [0.15, 0.2) is 24.0 Å². The number of piperidine rings is 1. The second-order valence-corrected chi connectivity index (χ2v) is 12.4. The topological polar surface area (TPSA) is 273 Å². The average Bonchev–Trinajstić information content (AvgIpc) is 3.40. The number of phenolic OH excluding ortho intramolecular Hbond substituents is 1. The van der Waals surface area contributed by atoms with E-state index in [0.29, 0.717) is 24.9 Å². The fraction of sp³-hybridized carbons (Fsp3) is 0.548. The van der Waals surface area contributed by atoms with E-state index in [-0.39, 0.29) is 29.7 Å². The number of carboxylic acids is 2. The van der Waals surface area contributed by atoms with Crippen LogP contribution in [0.5, 0.6) is 11.5 Å². The zero-order chi connectivity index (χ0) is 36.2. The van der Waals surface area contributed by atoms with E-state index >= 15 is 0 Å². The molecule has 1 saturated heterocycles. The van der Waals surface area contributed by atoms with Crippen LogP contribution in [0.3, 0.4) is 0 Å². The van der Waals surface area contributed by atoms with Crippen molar-refractivity contribution in [1.29, 1.82) is 0 Å². The van der Waals surface area contributed by atoms with Crippen LogP contribution in [0.1, 0.15) is 44.2 Å². The van der Waals surface area contributed by atoms with Crippen LogP contribution < -0.4 is 4.74 Å². The van der Waals surface area contributed by atoms with Crippen molar-refractivity contribution in [3.63, 3.8) is 0 Å². The largest absolute Gasteiger partial charge is 0.504 e. The first-order valence-electron chi connectivity index (χ1n) is 15.2. The maximum Gasteiger partial charge on any atom is 0.348 e. The van der Waals surface area contributed by atoms with Crippen molar-refractivity contribution >= 4 is 35.8 Å². The van der Waals surface area contributed by atoms with Crippen molar-refractivity contribution < 1.29 is 83.1 Å². The summed E-state index contributed by atoms with van der Waals surface area (Å²) in [5.74, 6) is -9.64. The normalized spacial score (nSPS) is 27.8. The standard InChI is InChI=1S/C31H35NO17/c1-12(25(37)38)45-27(41)13(2)46-28(42)17(48-29(43)22(36)21(35)26(39)40)11-19(34)47-16-6-7-31(44)18-10-14-4-5-15(33)23-20(14)30(31,24(16)49-23)8-9-32(18)3/h4-6,12-13,17-18,21-22,24,33,35-36,44H,7-11H2,1-3H3,(H,37,38)(H,39,40)/t12-,13?,17?,18+,21+,22+,24-,30-,31+/m0/s1. The van der Waals surface area contributed by atoms with Gasteiger partial charge in [-0.25, -0.2) is 24.0 Å². The second kappa shape index (κ2) is 12.9. The molecule has 49 heavy (non-hydrogen) atoms. The molecule has 1 aromatic carbocycles. The van der Waals surface area contributed by atoms with Crippen molar-refractivity contribution in [3.8, 4) is 11.5 Å². The van der Waals surface area contributed by atoms with E-state index in [1.165, 1.54) is 12.1 Å². The number of likely N-dealkylation sites (tertiary alicyclic amines) is 1. The molecule has 266 valence electrons. The number of carbonyl (C=O) groups is 6. The molecule has 1 aromatic rings. The second-order valence-electron chi connectivity index (χ2n) is 12.4. The van der Waals surface area contributed by atoms with Crippen molar-refractivity contribution in [2.45, 2.75) is 93.2 Å². The Kier molecular flexibility index (Phi) is 9.37. The summed E-state index contributed by atoms with van der Waals surface area (Å²) in [4.78, 5) is 75.2. The lowest BCUT2D eigenvalue weighted by Crippen LogP contribution is -2.74. The molecular formula is C31H35NO17. The van der Waals surface area contributed by atoms with E-state index in [9.17, 15) is 49.2 Å². The first-order chi connectivity index (χ1) is 22.9. The number of benzene rings is 1. The number of carbonyl (C=O) groups excluding carboxylic acids is 4. The van der Waals surface area contributed by atoms with Gasteiger partial charge in [0, 0.05) is 18.0 Å². The number of likely N-dealkylation sites (N-methyl/N-ethyl adjacent to an activating group) is 1. The van der Waals surface area contributed by atoms with Crippen LogP contribution in [0, 0.1) is 0 Å². The highest BCUT2D eigenvalue weighted by Crippen LogP contribution is 2.65. The SMILES string of the molecule is CC(OC(=O)C(CC(=O)OC1=CC[C@@]2(O)[C@H]3Cc4ccc(O)c5c4[C@@]2(CCN3C)[C@H]1O5)OC(=O)[C@H](O)[C@@H](O)C(=O)O)C(=O)O[C@@H](C)C(=O)O. The lowest BCUT2D eigenvalue weighted by Gasteiger charge is -2.61. The van der Waals surface area contributed by atoms with Gasteiger partial charge in [0.1, 0.15) is 5.76 Å². The van der Waals surface area contributed by atoms with E-state index in [1.807, 2.05) is 11.9 Å². The van der Waals surface area contributed by atoms with E-state index < -0.39 is 89.9 Å². The lowest BCUT2D eigenvalue weighted by molar-refractivity contribution is -0.188. The number of phenols is 1. The van der Waals surface area contributed by atoms with Gasteiger partial charge in [0.15, 0.2) is 42.0 Å². The van der Waals surface area contributed by atoms with Gasteiger partial charge < -0.3 is 59.2 Å². The molecule has 0 amide bonds. The van der Waals surface area contributed by atoms with Gasteiger partial charge in [0.25, 0.3) is 0 Å². The van der Waals surface area contributed by atoms with Crippen LogP contribution in [0.2, 0.25) is 0 Å². The van der Waals surface area contributed by atoms with Crippen LogP contribution in [-0.2, 0) is 59.6 Å². The monoisotopic (exact) mass is 693 g/mol. The fourth-order valence-electron chi connectivity index (χ4n) is 7.03. The minimum atomic E-state index is -2.71. The summed E-state index contributed by atoms with van der Waals surface area (Å²) in [5.41, 5.74) is -1.09. The van der Waals surface area contributed by atoms with Crippen LogP contribution in [-0.4, -0.2) is 133 Å². The van der Waals surface area contributed by atoms with Crippen LogP contribution in [0.4, 0.5) is 0 Å². The Hall–Kier alpha value is -4.78. The Bertz CT molecular complexity index is 1620. The number of aromatic hydroxyl groups is 1. The first-order valence-corrected chi connectivity index (χ1v) is 15.2. The number of carboxylic acid groups (broad SMARTS) is 2. The van der Waals surface area contributed by atoms with E-state index in [1.54, 1.807) is 6.07 Å². The van der Waals surface area contributed by atoms with Gasteiger partial charge in [-0.05, 0) is 58.0 Å². The fourth-order valence-corrected chi connectivity index (χ4v) is 7.03. The third-order valence-corrected chi connectivity index (χ3v) is 9.52. The lowest BCUT2D eigenvalue weighted by atomic mass is 9.50. The maximum absolute atomic E-state index is 13.4. The summed E-state index contributed by atoms with van der Waals surface area (Å²) in [6.07, 6.45) is -11.1. The van der Waals surface area contributed by atoms with Crippen molar-refractivity contribution in [1.82, 2.24) is 4.90 Å². The zero-order valence-corrected chi connectivity index (χ0v) is 26.4. The predicted octanol–water partition coefficient (Wildman–Crippen LogP) is -1.73. The number of aliphatic hydroxyl groups is 3. The van der Waals surface area contributed by atoms with Gasteiger partial charge in [-0.2, -0.15) is 0 Å². The Morgan fingerprint density at radius 3 is 2.29 bits per heavy atom. The summed E-state index contributed by atoms with van der Waals surface area (Å²) in [5, 5.41) is 60.3. The smallest absolute Gasteiger partial charge is 0.348 e. The molecule has 2 aliphatic carbocycles. The number of hydrogen-bond donors (Lipinski definition) is 6. The van der Waals surface area contributed by atoms with Crippen molar-refractivity contribution in [3.05, 3.63) is 35.1 Å². The summed E-state index contributed by atoms with van der Waals surface area (Å²) < 4.78 is 26.2. The van der Waals surface area contributed by atoms with Crippen molar-refractivity contribution in [2.75, 3.05) is 13.6 Å². The van der Waals surface area contributed by atoms with Gasteiger partial charge in [-0.1, -0.05) is 6.07 Å². The number of esters is 4. The molecule has 1 fully saturated rings. The average molecular weight is 694 g/mol. The quantitative estimate of drug-likeness (QED) is 0.105.